The normalized spacial score (nSPS) is 9.00. The number of carbonyl (C=O) groups excluding carboxylic acids is 1. The Bertz CT molecular complexity index is 150. The van der Waals surface area contributed by atoms with E-state index in [2.05, 4.69) is 9.47 Å². The number of hydrogen-bond acceptors (Lipinski definition) is 4. The lowest BCUT2D eigenvalue weighted by Gasteiger charge is -2.04. The molecule has 4 heteroatoms. The number of carbonyl (C=O) groups is 1. The minimum absolute atomic E-state index is 0.296. The molecule has 4 nitrogen and oxygen atoms in total. The molecule has 0 spiro atoms. The molecule has 0 bridgehead atoms. The fourth-order valence-corrected chi connectivity index (χ4v) is 0.346. The van der Waals surface area contributed by atoms with Crippen molar-refractivity contribution in [1.29, 1.82) is 5.26 Å². The van der Waals surface area contributed by atoms with Crippen LogP contribution in [0.4, 0.5) is 0 Å². The van der Waals surface area contributed by atoms with E-state index in [0.717, 1.165) is 0 Å². The fourth-order valence-electron chi connectivity index (χ4n) is 0.346. The molecular formula is C6H8NO3. The standard InChI is InChI=1S/C6H8NO3/c1-3-9-6(4-7)10-5(2)8/h3H2,1-2H3. The summed E-state index contributed by atoms with van der Waals surface area (Å²) in [5.74, 6) is -0.551. The molecule has 0 atom stereocenters. The Morgan fingerprint density at radius 3 is 2.60 bits per heavy atom. The van der Waals surface area contributed by atoms with Gasteiger partial charge in [0, 0.05) is 13.5 Å². The Balaban J connectivity index is 3.63. The van der Waals surface area contributed by atoms with Crippen molar-refractivity contribution in [3.8, 4) is 6.07 Å². The van der Waals surface area contributed by atoms with E-state index < -0.39 is 5.97 Å². The lowest BCUT2D eigenvalue weighted by molar-refractivity contribution is -0.147. The number of hydrogen-bond donors (Lipinski definition) is 0. The van der Waals surface area contributed by atoms with Crippen LogP contribution in [0.15, 0.2) is 0 Å². The third kappa shape index (κ3) is 3.87. The van der Waals surface area contributed by atoms with Gasteiger partial charge in [-0.1, -0.05) is 0 Å². The Kier molecular flexibility index (Phi) is 4.25. The molecule has 1 radical (unpaired) electrons. The van der Waals surface area contributed by atoms with Gasteiger partial charge in [-0.2, -0.15) is 5.26 Å². The van der Waals surface area contributed by atoms with Gasteiger partial charge in [0.15, 0.2) is 6.07 Å². The van der Waals surface area contributed by atoms with Gasteiger partial charge in [-0.15, -0.1) is 0 Å². The molecule has 0 aromatic rings. The molecule has 0 N–H and O–H groups in total. The van der Waals surface area contributed by atoms with E-state index in [-0.39, 0.29) is 6.29 Å². The Labute approximate surface area is 59.3 Å². The van der Waals surface area contributed by atoms with Gasteiger partial charge in [0.1, 0.15) is 0 Å². The van der Waals surface area contributed by atoms with Crippen LogP contribution in [0, 0.1) is 17.6 Å². The molecule has 0 saturated heterocycles. The van der Waals surface area contributed by atoms with Gasteiger partial charge < -0.3 is 9.47 Å². The summed E-state index contributed by atoms with van der Waals surface area (Å²) in [7, 11) is 0. The second kappa shape index (κ2) is 4.77. The number of nitrogens with zero attached hydrogens (tertiary/aromatic N) is 1. The first-order valence-corrected chi connectivity index (χ1v) is 2.79. The maximum Gasteiger partial charge on any atom is 0.386 e. The summed E-state index contributed by atoms with van der Waals surface area (Å²) in [6.07, 6.45) is -0.296. The predicted octanol–water partition coefficient (Wildman–Crippen LogP) is 0.599. The van der Waals surface area contributed by atoms with Crippen LogP contribution in [-0.4, -0.2) is 12.6 Å². The zero-order valence-corrected chi connectivity index (χ0v) is 5.88. The van der Waals surface area contributed by atoms with Crippen molar-refractivity contribution in [2.45, 2.75) is 13.8 Å². The van der Waals surface area contributed by atoms with Gasteiger partial charge in [0.25, 0.3) is 0 Å². The van der Waals surface area contributed by atoms with Crippen LogP contribution >= 0.6 is 0 Å². The summed E-state index contributed by atoms with van der Waals surface area (Å²) >= 11 is 0. The van der Waals surface area contributed by atoms with E-state index in [1.165, 1.54) is 6.92 Å². The van der Waals surface area contributed by atoms with Crippen molar-refractivity contribution < 1.29 is 14.3 Å². The van der Waals surface area contributed by atoms with Crippen molar-refractivity contribution in [3.63, 3.8) is 0 Å². The van der Waals surface area contributed by atoms with Gasteiger partial charge in [-0.25, -0.2) is 0 Å². The van der Waals surface area contributed by atoms with Gasteiger partial charge in [-0.3, -0.25) is 4.79 Å². The minimum atomic E-state index is -0.551. The van der Waals surface area contributed by atoms with Crippen LogP contribution in [0.1, 0.15) is 13.8 Å². The third-order valence-electron chi connectivity index (χ3n) is 0.603. The molecule has 0 saturated carbocycles. The average molecular weight is 142 g/mol. The number of esters is 1. The lowest BCUT2D eigenvalue weighted by Crippen LogP contribution is -2.09. The molecule has 0 unspecified atom stereocenters. The second-order valence-corrected chi connectivity index (χ2v) is 1.43. The highest BCUT2D eigenvalue weighted by atomic mass is 16.7. The van der Waals surface area contributed by atoms with Crippen molar-refractivity contribution in [1.82, 2.24) is 0 Å². The van der Waals surface area contributed by atoms with Gasteiger partial charge in [0.05, 0.1) is 0 Å². The van der Waals surface area contributed by atoms with Gasteiger partial charge in [0.2, 0.25) is 0 Å². The molecule has 0 rings (SSSR count). The highest BCUT2D eigenvalue weighted by Gasteiger charge is 2.11. The number of rotatable bonds is 3. The monoisotopic (exact) mass is 142 g/mol. The summed E-state index contributed by atoms with van der Waals surface area (Å²) in [6.45, 7) is 3.22. The quantitative estimate of drug-likeness (QED) is 0.541. The summed E-state index contributed by atoms with van der Waals surface area (Å²) in [5, 5.41) is 8.22. The summed E-state index contributed by atoms with van der Waals surface area (Å²) in [6, 6.07) is 1.59. The first kappa shape index (κ1) is 8.92. The largest absolute Gasteiger partial charge is 0.412 e. The average Bonchev–Trinajstić information content (AvgIpc) is 1.86. The van der Waals surface area contributed by atoms with Crippen molar-refractivity contribution >= 4 is 5.97 Å². The van der Waals surface area contributed by atoms with Gasteiger partial charge in [-0.05, 0) is 6.92 Å². The van der Waals surface area contributed by atoms with Crippen LogP contribution in [0.2, 0.25) is 0 Å². The van der Waals surface area contributed by atoms with Crippen LogP contribution in [-0.2, 0) is 14.3 Å². The van der Waals surface area contributed by atoms with E-state index in [9.17, 15) is 4.79 Å². The highest BCUT2D eigenvalue weighted by molar-refractivity contribution is 5.67. The molecular weight excluding hydrogens is 134 g/mol. The third-order valence-corrected chi connectivity index (χ3v) is 0.603. The van der Waals surface area contributed by atoms with Crippen molar-refractivity contribution in [3.05, 3.63) is 6.29 Å². The van der Waals surface area contributed by atoms with Crippen molar-refractivity contribution in [2.75, 3.05) is 6.61 Å². The smallest absolute Gasteiger partial charge is 0.386 e. The Morgan fingerprint density at radius 2 is 2.30 bits per heavy atom. The van der Waals surface area contributed by atoms with E-state index in [1.54, 1.807) is 13.0 Å². The molecule has 0 aliphatic carbocycles. The van der Waals surface area contributed by atoms with Crippen LogP contribution in [0.25, 0.3) is 0 Å². The Morgan fingerprint density at radius 1 is 1.70 bits per heavy atom. The fraction of sp³-hybridized carbons (Fsp3) is 0.500. The highest BCUT2D eigenvalue weighted by Crippen LogP contribution is 2.01. The molecule has 0 heterocycles. The van der Waals surface area contributed by atoms with Crippen LogP contribution < -0.4 is 0 Å². The Hall–Kier alpha value is -1.08. The summed E-state index contributed by atoms with van der Waals surface area (Å²) in [5.41, 5.74) is 0. The maximum absolute atomic E-state index is 10.2. The van der Waals surface area contributed by atoms with E-state index in [1.807, 2.05) is 0 Å². The molecule has 0 amide bonds. The molecule has 10 heavy (non-hydrogen) atoms. The molecule has 0 aliphatic rings. The van der Waals surface area contributed by atoms with E-state index in [4.69, 9.17) is 5.26 Å². The summed E-state index contributed by atoms with van der Waals surface area (Å²) in [4.78, 5) is 10.2. The molecule has 0 fully saturated rings. The van der Waals surface area contributed by atoms with Crippen LogP contribution in [0.5, 0.6) is 0 Å². The molecule has 0 aromatic heterocycles. The zero-order chi connectivity index (χ0) is 7.98. The van der Waals surface area contributed by atoms with E-state index in [0.29, 0.717) is 6.61 Å². The first-order chi connectivity index (χ1) is 4.70. The lowest BCUT2D eigenvalue weighted by atomic mass is 10.7. The maximum atomic E-state index is 10.2. The number of ether oxygens (including phenoxy) is 2. The molecule has 0 aliphatic heterocycles. The second-order valence-electron chi connectivity index (χ2n) is 1.43. The zero-order valence-electron chi connectivity index (χ0n) is 5.88. The minimum Gasteiger partial charge on any atom is -0.412 e. The summed E-state index contributed by atoms with van der Waals surface area (Å²) < 4.78 is 8.95. The predicted molar refractivity (Wildman–Crippen MR) is 32.2 cm³/mol. The number of nitriles is 1. The van der Waals surface area contributed by atoms with Crippen LogP contribution in [0.3, 0.4) is 0 Å². The van der Waals surface area contributed by atoms with E-state index >= 15 is 0 Å². The van der Waals surface area contributed by atoms with Crippen molar-refractivity contribution in [2.24, 2.45) is 0 Å². The molecule has 0 aromatic carbocycles. The van der Waals surface area contributed by atoms with Gasteiger partial charge >= 0.3 is 12.3 Å². The first-order valence-electron chi connectivity index (χ1n) is 2.79. The SMILES string of the molecule is CCO[C](C#N)OC(C)=O. The molecule has 55 valence electrons. The topological polar surface area (TPSA) is 59.3 Å².